The maximum absolute atomic E-state index is 12.6. The number of aldehydes is 1. The molecular formula is C16H13ClO4. The Morgan fingerprint density at radius 3 is 2.19 bits per heavy atom. The van der Waals surface area contributed by atoms with E-state index in [1.54, 1.807) is 24.3 Å². The number of carbonyl (C=O) groups excluding carboxylic acids is 2. The van der Waals surface area contributed by atoms with Gasteiger partial charge in [-0.15, -0.1) is 0 Å². The monoisotopic (exact) mass is 304 g/mol. The lowest BCUT2D eigenvalue weighted by Gasteiger charge is -2.09. The van der Waals surface area contributed by atoms with Crippen molar-refractivity contribution in [3.8, 4) is 11.5 Å². The van der Waals surface area contributed by atoms with Gasteiger partial charge in [-0.2, -0.15) is 0 Å². The van der Waals surface area contributed by atoms with Gasteiger partial charge in [0, 0.05) is 27.8 Å². The summed E-state index contributed by atoms with van der Waals surface area (Å²) in [5.41, 5.74) is 0.885. The highest BCUT2D eigenvalue weighted by molar-refractivity contribution is 6.31. The van der Waals surface area contributed by atoms with E-state index in [0.29, 0.717) is 28.4 Å². The predicted octanol–water partition coefficient (Wildman–Crippen LogP) is 3.40. The minimum atomic E-state index is -0.322. The molecule has 108 valence electrons. The first-order chi connectivity index (χ1) is 10.1. The van der Waals surface area contributed by atoms with Crippen LogP contribution in [0.2, 0.25) is 5.02 Å². The molecule has 2 aromatic rings. The van der Waals surface area contributed by atoms with Crippen molar-refractivity contribution >= 4 is 23.7 Å². The second-order valence-corrected chi connectivity index (χ2v) is 4.72. The van der Waals surface area contributed by atoms with Gasteiger partial charge in [0.15, 0.2) is 12.1 Å². The molecule has 0 aliphatic rings. The number of hydrogen-bond acceptors (Lipinski definition) is 4. The Balaban J connectivity index is 2.54. The zero-order chi connectivity index (χ0) is 15.4. The molecule has 0 atom stereocenters. The number of ether oxygens (including phenoxy) is 2. The lowest BCUT2D eigenvalue weighted by Crippen LogP contribution is -2.06. The van der Waals surface area contributed by atoms with Gasteiger partial charge >= 0.3 is 0 Å². The van der Waals surface area contributed by atoms with E-state index in [1.807, 2.05) is 0 Å². The molecule has 0 saturated carbocycles. The van der Waals surface area contributed by atoms with Gasteiger partial charge in [0.05, 0.1) is 14.2 Å². The number of rotatable bonds is 5. The zero-order valence-corrected chi connectivity index (χ0v) is 12.3. The van der Waals surface area contributed by atoms with E-state index in [1.165, 1.54) is 26.4 Å². The highest BCUT2D eigenvalue weighted by Crippen LogP contribution is 2.26. The van der Waals surface area contributed by atoms with E-state index in [-0.39, 0.29) is 16.9 Å². The van der Waals surface area contributed by atoms with Crippen molar-refractivity contribution in [2.24, 2.45) is 0 Å². The quantitative estimate of drug-likeness (QED) is 0.627. The number of hydrogen-bond donors (Lipinski definition) is 0. The van der Waals surface area contributed by atoms with Crippen LogP contribution in [0.4, 0.5) is 0 Å². The Labute approximate surface area is 127 Å². The number of methoxy groups -OCH3 is 2. The molecule has 0 radical (unpaired) electrons. The third kappa shape index (κ3) is 3.23. The van der Waals surface area contributed by atoms with Crippen LogP contribution >= 0.6 is 11.6 Å². The van der Waals surface area contributed by atoms with E-state index in [4.69, 9.17) is 21.1 Å². The van der Waals surface area contributed by atoms with E-state index in [0.717, 1.165) is 0 Å². The summed E-state index contributed by atoms with van der Waals surface area (Å²) in [6.07, 6.45) is 0.626. The molecule has 0 unspecified atom stereocenters. The zero-order valence-electron chi connectivity index (χ0n) is 11.6. The summed E-state index contributed by atoms with van der Waals surface area (Å²) in [5, 5.41) is 0.388. The van der Waals surface area contributed by atoms with Crippen molar-refractivity contribution in [2.45, 2.75) is 0 Å². The number of carbonyl (C=O) groups is 2. The summed E-state index contributed by atoms with van der Waals surface area (Å²) >= 11 is 5.90. The Bertz CT molecular complexity index is 672. The summed E-state index contributed by atoms with van der Waals surface area (Å²) in [5.74, 6) is 0.663. The van der Waals surface area contributed by atoms with Gasteiger partial charge in [0.2, 0.25) is 0 Å². The number of halogens is 1. The Hall–Kier alpha value is -2.33. The standard InChI is InChI=1S/C16H13ClO4/c1-20-13-5-11(6-14(8-13)21-2)16(19)15-7-12(17)4-3-10(15)9-18/h3-9H,1-2H3. The van der Waals surface area contributed by atoms with Gasteiger partial charge in [-0.25, -0.2) is 0 Å². The number of ketones is 1. The van der Waals surface area contributed by atoms with E-state index in [2.05, 4.69) is 0 Å². The first-order valence-corrected chi connectivity index (χ1v) is 6.49. The molecule has 2 aromatic carbocycles. The molecule has 0 N–H and O–H groups in total. The van der Waals surface area contributed by atoms with Gasteiger partial charge in [0.1, 0.15) is 11.5 Å². The topological polar surface area (TPSA) is 52.6 Å². The van der Waals surface area contributed by atoms with Crippen molar-refractivity contribution < 1.29 is 19.1 Å². The molecule has 0 saturated heterocycles. The molecule has 0 fully saturated rings. The summed E-state index contributed by atoms with van der Waals surface area (Å²) in [6.45, 7) is 0. The third-order valence-electron chi connectivity index (χ3n) is 3.00. The minimum Gasteiger partial charge on any atom is -0.497 e. The lowest BCUT2D eigenvalue weighted by molar-refractivity contribution is 0.102. The molecule has 0 amide bonds. The normalized spacial score (nSPS) is 10.0. The average molecular weight is 305 g/mol. The molecule has 5 heteroatoms. The average Bonchev–Trinajstić information content (AvgIpc) is 2.53. The molecule has 0 bridgehead atoms. The summed E-state index contributed by atoms with van der Waals surface area (Å²) in [6, 6.07) is 9.38. The van der Waals surface area contributed by atoms with Crippen molar-refractivity contribution in [3.05, 3.63) is 58.1 Å². The minimum absolute atomic E-state index is 0.243. The molecule has 0 aliphatic carbocycles. The van der Waals surface area contributed by atoms with E-state index < -0.39 is 0 Å². The van der Waals surface area contributed by atoms with Crippen molar-refractivity contribution in [1.29, 1.82) is 0 Å². The first kappa shape index (κ1) is 15.1. The van der Waals surface area contributed by atoms with Crippen LogP contribution < -0.4 is 9.47 Å². The second-order valence-electron chi connectivity index (χ2n) is 4.28. The van der Waals surface area contributed by atoms with Gasteiger partial charge in [-0.3, -0.25) is 9.59 Å². The third-order valence-corrected chi connectivity index (χ3v) is 3.24. The molecule has 0 spiro atoms. The van der Waals surface area contributed by atoms with Gasteiger partial charge in [-0.1, -0.05) is 11.6 Å². The highest BCUT2D eigenvalue weighted by atomic mass is 35.5. The summed E-state index contributed by atoms with van der Waals surface area (Å²) < 4.78 is 10.3. The highest BCUT2D eigenvalue weighted by Gasteiger charge is 2.16. The predicted molar refractivity (Wildman–Crippen MR) is 79.8 cm³/mol. The van der Waals surface area contributed by atoms with Crippen LogP contribution in [0.3, 0.4) is 0 Å². The van der Waals surface area contributed by atoms with Crippen LogP contribution in [0.15, 0.2) is 36.4 Å². The summed E-state index contributed by atoms with van der Waals surface area (Å²) in [4.78, 5) is 23.7. The lowest BCUT2D eigenvalue weighted by atomic mass is 9.98. The molecule has 21 heavy (non-hydrogen) atoms. The van der Waals surface area contributed by atoms with Crippen LogP contribution in [0.5, 0.6) is 11.5 Å². The maximum Gasteiger partial charge on any atom is 0.194 e. The number of benzene rings is 2. The van der Waals surface area contributed by atoms with Crippen LogP contribution in [0.25, 0.3) is 0 Å². The maximum atomic E-state index is 12.6. The second kappa shape index (κ2) is 6.41. The van der Waals surface area contributed by atoms with Crippen LogP contribution in [0, 0.1) is 0 Å². The van der Waals surface area contributed by atoms with Crippen molar-refractivity contribution in [2.75, 3.05) is 14.2 Å². The van der Waals surface area contributed by atoms with Gasteiger partial charge in [-0.05, 0) is 30.3 Å². The van der Waals surface area contributed by atoms with Crippen LogP contribution in [0.1, 0.15) is 26.3 Å². The van der Waals surface area contributed by atoms with E-state index in [9.17, 15) is 9.59 Å². The van der Waals surface area contributed by atoms with Gasteiger partial charge in [0.25, 0.3) is 0 Å². The smallest absolute Gasteiger partial charge is 0.194 e. The fourth-order valence-electron chi connectivity index (χ4n) is 1.92. The Morgan fingerprint density at radius 1 is 1.05 bits per heavy atom. The fraction of sp³-hybridized carbons (Fsp3) is 0.125. The van der Waals surface area contributed by atoms with Crippen LogP contribution in [-0.2, 0) is 0 Å². The molecule has 2 rings (SSSR count). The molecule has 4 nitrogen and oxygen atoms in total. The molecule has 0 aromatic heterocycles. The molecular weight excluding hydrogens is 292 g/mol. The molecule has 0 heterocycles. The fourth-order valence-corrected chi connectivity index (χ4v) is 2.09. The largest absolute Gasteiger partial charge is 0.497 e. The summed E-state index contributed by atoms with van der Waals surface area (Å²) in [7, 11) is 3.00. The first-order valence-electron chi connectivity index (χ1n) is 6.11. The van der Waals surface area contributed by atoms with Crippen molar-refractivity contribution in [3.63, 3.8) is 0 Å². The van der Waals surface area contributed by atoms with Crippen molar-refractivity contribution in [1.82, 2.24) is 0 Å². The molecule has 0 aliphatic heterocycles. The SMILES string of the molecule is COc1cc(OC)cc(C(=O)c2cc(Cl)ccc2C=O)c1. The van der Waals surface area contributed by atoms with Crippen LogP contribution in [-0.4, -0.2) is 26.3 Å². The Kier molecular flexibility index (Phi) is 4.60. The Morgan fingerprint density at radius 2 is 1.67 bits per heavy atom. The van der Waals surface area contributed by atoms with E-state index >= 15 is 0 Å². The van der Waals surface area contributed by atoms with Gasteiger partial charge < -0.3 is 9.47 Å².